The Labute approximate surface area is 181 Å². The topological polar surface area (TPSA) is 70.7 Å². The fraction of sp³-hybridized carbons (Fsp3) is 0.417. The van der Waals surface area contributed by atoms with Crippen molar-refractivity contribution in [3.8, 4) is 0 Å². The predicted octanol–water partition coefficient (Wildman–Crippen LogP) is 3.34. The molecule has 1 saturated heterocycles. The number of anilines is 1. The van der Waals surface area contributed by atoms with E-state index >= 15 is 0 Å². The van der Waals surface area contributed by atoms with E-state index in [1.54, 1.807) is 30.3 Å². The van der Waals surface area contributed by atoms with Gasteiger partial charge in [0.25, 0.3) is 5.91 Å². The van der Waals surface area contributed by atoms with Gasteiger partial charge in [0.15, 0.2) is 0 Å². The molecule has 7 heteroatoms. The Balaban J connectivity index is 1.42. The zero-order valence-corrected chi connectivity index (χ0v) is 17.5. The minimum atomic E-state index is -0.297. The molecule has 1 aliphatic carbocycles. The first-order valence-corrected chi connectivity index (χ1v) is 10.8. The van der Waals surface area contributed by atoms with Gasteiger partial charge in [-0.25, -0.2) is 4.39 Å². The number of hydrogen-bond acceptors (Lipinski definition) is 4. The van der Waals surface area contributed by atoms with Crippen molar-refractivity contribution in [2.45, 2.75) is 44.4 Å². The van der Waals surface area contributed by atoms with Gasteiger partial charge in [0.2, 0.25) is 5.91 Å². The summed E-state index contributed by atoms with van der Waals surface area (Å²) in [6, 6.07) is 13.7. The van der Waals surface area contributed by atoms with Gasteiger partial charge < -0.3 is 15.4 Å². The molecule has 0 aromatic heterocycles. The van der Waals surface area contributed by atoms with Gasteiger partial charge in [0, 0.05) is 25.7 Å². The van der Waals surface area contributed by atoms with Crippen LogP contribution in [0.25, 0.3) is 0 Å². The van der Waals surface area contributed by atoms with Crippen LogP contribution in [0.4, 0.5) is 10.1 Å². The van der Waals surface area contributed by atoms with E-state index in [9.17, 15) is 14.0 Å². The van der Waals surface area contributed by atoms with E-state index in [2.05, 4.69) is 10.6 Å². The number of amides is 2. The number of carbonyl (C=O) groups is 2. The highest BCUT2D eigenvalue weighted by atomic mass is 19.1. The summed E-state index contributed by atoms with van der Waals surface area (Å²) in [7, 11) is 0. The molecule has 31 heavy (non-hydrogen) atoms. The zero-order chi connectivity index (χ0) is 21.6. The normalized spacial score (nSPS) is 18.2. The Hall–Kier alpha value is -2.77. The molecule has 1 atom stereocenters. The molecule has 1 saturated carbocycles. The number of rotatable bonds is 9. The third-order valence-electron chi connectivity index (χ3n) is 5.51. The van der Waals surface area contributed by atoms with E-state index in [1.807, 2.05) is 11.0 Å². The second-order valence-electron chi connectivity index (χ2n) is 8.28. The predicted molar refractivity (Wildman–Crippen MR) is 116 cm³/mol. The minimum absolute atomic E-state index is 0.0676. The van der Waals surface area contributed by atoms with E-state index in [4.69, 9.17) is 4.74 Å². The van der Waals surface area contributed by atoms with Crippen molar-refractivity contribution in [1.29, 1.82) is 0 Å². The van der Waals surface area contributed by atoms with Gasteiger partial charge in [-0.05, 0) is 55.5 Å². The van der Waals surface area contributed by atoms with Crippen molar-refractivity contribution in [3.63, 3.8) is 0 Å². The lowest BCUT2D eigenvalue weighted by atomic mass is 10.1. The number of carbonyl (C=O) groups excluding carboxylic acids is 2. The first-order valence-electron chi connectivity index (χ1n) is 10.8. The van der Waals surface area contributed by atoms with E-state index < -0.39 is 0 Å². The zero-order valence-electron chi connectivity index (χ0n) is 17.5. The third-order valence-corrected chi connectivity index (χ3v) is 5.51. The van der Waals surface area contributed by atoms with Crippen LogP contribution in [0.5, 0.6) is 0 Å². The van der Waals surface area contributed by atoms with Gasteiger partial charge in [0.1, 0.15) is 5.82 Å². The average molecular weight is 426 g/mol. The van der Waals surface area contributed by atoms with Gasteiger partial charge >= 0.3 is 0 Å². The number of halogens is 1. The van der Waals surface area contributed by atoms with E-state index in [1.165, 1.54) is 12.1 Å². The van der Waals surface area contributed by atoms with Crippen molar-refractivity contribution in [1.82, 2.24) is 10.2 Å². The maximum Gasteiger partial charge on any atom is 0.253 e. The van der Waals surface area contributed by atoms with Gasteiger partial charge in [-0.2, -0.15) is 0 Å². The number of nitrogens with zero attached hydrogens (tertiary/aromatic N) is 1. The number of ether oxygens (including phenoxy) is 1. The highest BCUT2D eigenvalue weighted by Gasteiger charge is 2.25. The van der Waals surface area contributed by atoms with Crippen LogP contribution in [-0.2, 0) is 16.1 Å². The van der Waals surface area contributed by atoms with Gasteiger partial charge in [-0.15, -0.1) is 0 Å². The lowest BCUT2D eigenvalue weighted by Crippen LogP contribution is -2.38. The first-order chi connectivity index (χ1) is 15.1. The third kappa shape index (κ3) is 6.35. The summed E-state index contributed by atoms with van der Waals surface area (Å²) in [5, 5.41) is 5.84. The molecule has 4 rings (SSSR count). The largest absolute Gasteiger partial charge is 0.377 e. The molecule has 2 fully saturated rings. The molecule has 2 aliphatic rings. The highest BCUT2D eigenvalue weighted by Crippen LogP contribution is 2.22. The van der Waals surface area contributed by atoms with E-state index in [0.29, 0.717) is 24.3 Å². The summed E-state index contributed by atoms with van der Waals surface area (Å²) in [6.07, 6.45) is 4.02. The van der Waals surface area contributed by atoms with Crippen molar-refractivity contribution in [2.24, 2.45) is 0 Å². The van der Waals surface area contributed by atoms with E-state index in [0.717, 1.165) is 37.9 Å². The summed E-state index contributed by atoms with van der Waals surface area (Å²) >= 11 is 0. The molecular weight excluding hydrogens is 397 g/mol. The van der Waals surface area contributed by atoms with Crippen LogP contribution in [0.15, 0.2) is 48.5 Å². The quantitative estimate of drug-likeness (QED) is 0.647. The monoisotopic (exact) mass is 425 g/mol. The maximum atomic E-state index is 13.6. The van der Waals surface area contributed by atoms with Gasteiger partial charge in [-0.3, -0.25) is 14.5 Å². The molecule has 0 radical (unpaired) electrons. The fourth-order valence-electron chi connectivity index (χ4n) is 3.83. The first kappa shape index (κ1) is 21.5. The van der Waals surface area contributed by atoms with Crippen LogP contribution in [0.1, 0.15) is 41.6 Å². The summed E-state index contributed by atoms with van der Waals surface area (Å²) < 4.78 is 19.4. The van der Waals surface area contributed by atoms with Crippen LogP contribution in [0, 0.1) is 5.82 Å². The number of benzene rings is 2. The van der Waals surface area contributed by atoms with Crippen LogP contribution in [-0.4, -0.2) is 48.6 Å². The molecule has 2 aromatic carbocycles. The van der Waals surface area contributed by atoms with Crippen LogP contribution >= 0.6 is 0 Å². The fourth-order valence-corrected chi connectivity index (χ4v) is 3.83. The Morgan fingerprint density at radius 1 is 1.10 bits per heavy atom. The molecule has 2 aromatic rings. The minimum Gasteiger partial charge on any atom is -0.377 e. The van der Waals surface area contributed by atoms with Crippen LogP contribution < -0.4 is 10.6 Å². The van der Waals surface area contributed by atoms with Crippen LogP contribution in [0.3, 0.4) is 0 Å². The molecule has 6 nitrogen and oxygen atoms in total. The molecule has 0 spiro atoms. The lowest BCUT2D eigenvalue weighted by Gasteiger charge is -2.25. The molecule has 1 aliphatic heterocycles. The molecular formula is C24H28FN3O3. The smallest absolute Gasteiger partial charge is 0.253 e. The molecule has 1 unspecified atom stereocenters. The van der Waals surface area contributed by atoms with Crippen molar-refractivity contribution in [3.05, 3.63) is 65.5 Å². The van der Waals surface area contributed by atoms with E-state index in [-0.39, 0.29) is 36.3 Å². The summed E-state index contributed by atoms with van der Waals surface area (Å²) in [6.45, 7) is 1.88. The number of para-hydroxylation sites is 1. The molecule has 2 amide bonds. The Bertz CT molecular complexity index is 926. The van der Waals surface area contributed by atoms with Crippen molar-refractivity contribution < 1.29 is 18.7 Å². The Kier molecular flexibility index (Phi) is 6.94. The molecule has 2 N–H and O–H groups in total. The molecule has 164 valence electrons. The molecule has 0 bridgehead atoms. The van der Waals surface area contributed by atoms with Crippen LogP contribution in [0.2, 0.25) is 0 Å². The van der Waals surface area contributed by atoms with Gasteiger partial charge in [-0.1, -0.05) is 24.3 Å². The molecule has 1 heterocycles. The maximum absolute atomic E-state index is 13.6. The van der Waals surface area contributed by atoms with Gasteiger partial charge in [0.05, 0.1) is 23.9 Å². The summed E-state index contributed by atoms with van der Waals surface area (Å²) in [5.74, 6) is -0.690. The second kappa shape index (κ2) is 10.0. The Morgan fingerprint density at radius 2 is 1.94 bits per heavy atom. The standard InChI is InChI=1S/C24H28FN3O3/c25-18-6-3-5-17(13-18)14-28(15-20-7-4-12-31-20)16-23(29)27-22-9-2-1-8-21(22)24(30)26-19-10-11-19/h1-3,5-6,8-9,13,19-20H,4,7,10-12,14-16H2,(H,26,30)(H,27,29). The summed E-state index contributed by atoms with van der Waals surface area (Å²) in [4.78, 5) is 27.3. The lowest BCUT2D eigenvalue weighted by molar-refractivity contribution is -0.117. The SMILES string of the molecule is O=C(CN(Cc1cccc(F)c1)CC1CCCO1)Nc1ccccc1C(=O)NC1CC1. The second-order valence-corrected chi connectivity index (χ2v) is 8.28. The van der Waals surface area contributed by atoms with Crippen molar-refractivity contribution >= 4 is 17.5 Å². The highest BCUT2D eigenvalue weighted by molar-refractivity contribution is 6.04. The Morgan fingerprint density at radius 3 is 2.68 bits per heavy atom. The average Bonchev–Trinajstić information content (AvgIpc) is 3.40. The number of nitrogens with one attached hydrogen (secondary N) is 2. The number of hydrogen-bond donors (Lipinski definition) is 2. The summed E-state index contributed by atoms with van der Waals surface area (Å²) in [5.41, 5.74) is 1.75. The van der Waals surface area contributed by atoms with Crippen molar-refractivity contribution in [2.75, 3.05) is 25.0 Å².